The molecule has 0 saturated heterocycles. The standard InChI is InChI=1S/C38H33NO/c1-2-3-4-11-20-39-35-23-31-18-16-30(28-14-9-6-10-15-28)22-34(31)26-38(35)40-37-25-32-19-17-29(21-33(32)24-36(37)39)27-12-7-5-8-13-27/h5-10,12-19,21-26H,2-4,11,20H2,1H3. The SMILES string of the molecule is CCCCCCN1c2cc3ccc(-c4ccccc4)cc3cc2Oc2cc3ccc(-c4ccccc4)cc3cc21. The number of rotatable bonds is 7. The summed E-state index contributed by atoms with van der Waals surface area (Å²) in [5.74, 6) is 1.86. The molecule has 1 aliphatic heterocycles. The van der Waals surface area contributed by atoms with E-state index in [1.54, 1.807) is 0 Å². The van der Waals surface area contributed by atoms with E-state index in [9.17, 15) is 0 Å². The molecule has 0 bridgehead atoms. The normalized spacial score (nSPS) is 12.3. The van der Waals surface area contributed by atoms with Gasteiger partial charge in [-0.1, -0.05) is 111 Å². The number of nitrogens with zero attached hydrogens (tertiary/aromatic N) is 1. The largest absolute Gasteiger partial charge is 0.453 e. The monoisotopic (exact) mass is 519 g/mol. The maximum atomic E-state index is 6.67. The van der Waals surface area contributed by atoms with Gasteiger partial charge in [0.2, 0.25) is 0 Å². The van der Waals surface area contributed by atoms with Crippen LogP contribution in [0.4, 0.5) is 11.4 Å². The van der Waals surface area contributed by atoms with Gasteiger partial charge in [0, 0.05) is 6.54 Å². The molecule has 0 aliphatic carbocycles. The minimum Gasteiger partial charge on any atom is -0.453 e. The first-order chi connectivity index (χ1) is 19.8. The maximum Gasteiger partial charge on any atom is 0.151 e. The van der Waals surface area contributed by atoms with Crippen molar-refractivity contribution >= 4 is 32.9 Å². The van der Waals surface area contributed by atoms with Gasteiger partial charge in [-0.05, 0) is 86.6 Å². The van der Waals surface area contributed by atoms with Crippen LogP contribution in [0.15, 0.2) is 121 Å². The van der Waals surface area contributed by atoms with Crippen LogP contribution in [0.25, 0.3) is 43.8 Å². The molecule has 0 unspecified atom stereocenters. The molecule has 0 amide bonds. The molecule has 0 saturated carbocycles. The second-order valence-electron chi connectivity index (χ2n) is 10.8. The smallest absolute Gasteiger partial charge is 0.151 e. The number of fused-ring (bicyclic) bond motifs is 4. The van der Waals surface area contributed by atoms with Crippen molar-refractivity contribution in [2.24, 2.45) is 0 Å². The van der Waals surface area contributed by atoms with E-state index in [4.69, 9.17) is 4.74 Å². The summed E-state index contributed by atoms with van der Waals surface area (Å²) in [7, 11) is 0. The van der Waals surface area contributed by atoms with Crippen molar-refractivity contribution in [3.8, 4) is 33.8 Å². The maximum absolute atomic E-state index is 6.67. The third-order valence-electron chi connectivity index (χ3n) is 8.09. The highest BCUT2D eigenvalue weighted by atomic mass is 16.5. The molecule has 0 atom stereocenters. The molecule has 0 N–H and O–H groups in total. The molecule has 0 spiro atoms. The first-order valence-corrected chi connectivity index (χ1v) is 14.5. The number of ether oxygens (including phenoxy) is 1. The Morgan fingerprint density at radius 2 is 1.00 bits per heavy atom. The lowest BCUT2D eigenvalue weighted by Crippen LogP contribution is -2.22. The minimum atomic E-state index is 0.931. The molecule has 6 aromatic carbocycles. The quantitative estimate of drug-likeness (QED) is 0.194. The number of hydrogen-bond donors (Lipinski definition) is 0. The average molecular weight is 520 g/mol. The molecule has 0 radical (unpaired) electrons. The van der Waals surface area contributed by atoms with Crippen molar-refractivity contribution in [3.63, 3.8) is 0 Å². The van der Waals surface area contributed by atoms with Crippen molar-refractivity contribution in [1.82, 2.24) is 0 Å². The Bertz CT molecular complexity index is 1810. The molecule has 40 heavy (non-hydrogen) atoms. The summed E-state index contributed by atoms with van der Waals surface area (Å²) in [6.07, 6.45) is 4.89. The van der Waals surface area contributed by atoms with Gasteiger partial charge in [0.1, 0.15) is 0 Å². The van der Waals surface area contributed by atoms with Gasteiger partial charge < -0.3 is 9.64 Å². The van der Waals surface area contributed by atoms with Crippen molar-refractivity contribution in [3.05, 3.63) is 121 Å². The Labute approximate surface area is 236 Å². The molecule has 0 aromatic heterocycles. The highest BCUT2D eigenvalue weighted by Gasteiger charge is 2.25. The second kappa shape index (κ2) is 10.5. The van der Waals surface area contributed by atoms with Crippen LogP contribution < -0.4 is 9.64 Å². The zero-order valence-electron chi connectivity index (χ0n) is 22.9. The van der Waals surface area contributed by atoms with Gasteiger partial charge in [-0.3, -0.25) is 0 Å². The topological polar surface area (TPSA) is 12.5 Å². The number of anilines is 2. The lowest BCUT2D eigenvalue weighted by molar-refractivity contribution is 0.473. The van der Waals surface area contributed by atoms with Gasteiger partial charge in [0.25, 0.3) is 0 Å². The summed E-state index contributed by atoms with van der Waals surface area (Å²) < 4.78 is 6.67. The zero-order chi connectivity index (χ0) is 26.9. The van der Waals surface area contributed by atoms with Crippen molar-refractivity contribution in [1.29, 1.82) is 0 Å². The second-order valence-corrected chi connectivity index (χ2v) is 10.8. The Kier molecular flexibility index (Phi) is 6.45. The Hall–Kier alpha value is -4.56. The fourth-order valence-corrected chi connectivity index (χ4v) is 5.92. The van der Waals surface area contributed by atoms with E-state index in [0.717, 1.165) is 35.8 Å². The zero-order valence-corrected chi connectivity index (χ0v) is 22.9. The van der Waals surface area contributed by atoms with Crippen LogP contribution in [0.3, 0.4) is 0 Å². The number of hydrogen-bond acceptors (Lipinski definition) is 2. The van der Waals surface area contributed by atoms with Crippen LogP contribution in [0.5, 0.6) is 11.5 Å². The molecule has 2 heteroatoms. The first kappa shape index (κ1) is 24.5. The van der Waals surface area contributed by atoms with Crippen LogP contribution >= 0.6 is 0 Å². The van der Waals surface area contributed by atoms with Gasteiger partial charge >= 0.3 is 0 Å². The summed E-state index contributed by atoms with van der Waals surface area (Å²) in [5, 5.41) is 4.86. The number of benzene rings is 6. The van der Waals surface area contributed by atoms with Crippen LogP contribution in [-0.2, 0) is 0 Å². The average Bonchev–Trinajstić information content (AvgIpc) is 3.01. The van der Waals surface area contributed by atoms with E-state index in [0.29, 0.717) is 0 Å². The summed E-state index contributed by atoms with van der Waals surface area (Å²) in [6.45, 7) is 3.24. The van der Waals surface area contributed by atoms with Gasteiger partial charge in [-0.15, -0.1) is 0 Å². The van der Waals surface area contributed by atoms with Crippen LogP contribution in [0.1, 0.15) is 32.6 Å². The highest BCUT2D eigenvalue weighted by Crippen LogP contribution is 2.50. The molecule has 1 heterocycles. The lowest BCUT2D eigenvalue weighted by Gasteiger charge is -2.33. The predicted octanol–water partition coefficient (Wildman–Crippen LogP) is 11.2. The van der Waals surface area contributed by atoms with Gasteiger partial charge in [0.15, 0.2) is 11.5 Å². The van der Waals surface area contributed by atoms with Gasteiger partial charge in [-0.25, -0.2) is 0 Å². The third-order valence-corrected chi connectivity index (χ3v) is 8.09. The molecule has 2 nitrogen and oxygen atoms in total. The van der Waals surface area contributed by atoms with Crippen molar-refractivity contribution in [2.45, 2.75) is 32.6 Å². The van der Waals surface area contributed by atoms with E-state index in [2.05, 4.69) is 133 Å². The summed E-state index contributed by atoms with van der Waals surface area (Å²) in [4.78, 5) is 2.49. The van der Waals surface area contributed by atoms with Crippen LogP contribution in [0, 0.1) is 0 Å². The Morgan fingerprint density at radius 1 is 0.475 bits per heavy atom. The Morgan fingerprint density at radius 3 is 1.60 bits per heavy atom. The van der Waals surface area contributed by atoms with E-state index in [1.165, 1.54) is 63.1 Å². The van der Waals surface area contributed by atoms with E-state index < -0.39 is 0 Å². The highest BCUT2D eigenvalue weighted by molar-refractivity contribution is 5.98. The van der Waals surface area contributed by atoms with Crippen molar-refractivity contribution in [2.75, 3.05) is 11.4 Å². The summed E-state index contributed by atoms with van der Waals surface area (Å²) >= 11 is 0. The molecule has 196 valence electrons. The predicted molar refractivity (Wildman–Crippen MR) is 170 cm³/mol. The molecular formula is C38H33NO. The summed E-state index contributed by atoms with van der Waals surface area (Å²) in [6, 6.07) is 43.8. The fourth-order valence-electron chi connectivity index (χ4n) is 5.92. The first-order valence-electron chi connectivity index (χ1n) is 14.5. The molecule has 1 aliphatic rings. The molecule has 7 rings (SSSR count). The third kappa shape index (κ3) is 4.60. The van der Waals surface area contributed by atoms with Gasteiger partial charge in [-0.2, -0.15) is 0 Å². The fraction of sp³-hybridized carbons (Fsp3) is 0.158. The van der Waals surface area contributed by atoms with E-state index in [1.807, 2.05) is 0 Å². The van der Waals surface area contributed by atoms with Crippen LogP contribution in [0.2, 0.25) is 0 Å². The number of unbranched alkanes of at least 4 members (excludes halogenated alkanes) is 3. The van der Waals surface area contributed by atoms with E-state index >= 15 is 0 Å². The molecular weight excluding hydrogens is 486 g/mol. The van der Waals surface area contributed by atoms with Crippen molar-refractivity contribution < 1.29 is 4.74 Å². The minimum absolute atomic E-state index is 0.931. The lowest BCUT2D eigenvalue weighted by atomic mass is 9.98. The molecule has 6 aromatic rings. The molecule has 0 fully saturated rings. The van der Waals surface area contributed by atoms with Crippen LogP contribution in [-0.4, -0.2) is 6.54 Å². The van der Waals surface area contributed by atoms with Gasteiger partial charge in [0.05, 0.1) is 11.4 Å². The summed E-state index contributed by atoms with van der Waals surface area (Å²) in [5.41, 5.74) is 7.24. The van der Waals surface area contributed by atoms with E-state index in [-0.39, 0.29) is 0 Å². The Balaban J connectivity index is 1.32.